The van der Waals surface area contributed by atoms with Crippen LogP contribution in [-0.4, -0.2) is 37.2 Å². The maximum Gasteiger partial charge on any atom is 0.306 e. The summed E-state index contributed by atoms with van der Waals surface area (Å²) < 4.78 is 16.7. The molecule has 0 radical (unpaired) electrons. The molecule has 0 bridgehead atoms. The van der Waals surface area contributed by atoms with Gasteiger partial charge in [-0.25, -0.2) is 0 Å². The second-order valence-electron chi connectivity index (χ2n) is 16.7. The minimum absolute atomic E-state index is 0.0760. The number of rotatable bonds is 45. The minimum atomic E-state index is -0.772. The molecule has 0 saturated heterocycles. The molecule has 0 fully saturated rings. The summed E-state index contributed by atoms with van der Waals surface area (Å²) in [5.74, 6) is -0.888. The first-order valence-electron chi connectivity index (χ1n) is 24.8. The molecule has 0 aromatic heterocycles. The highest BCUT2D eigenvalue weighted by molar-refractivity contribution is 5.71. The summed E-state index contributed by atoms with van der Waals surface area (Å²) in [6.45, 7) is 6.59. The highest BCUT2D eigenvalue weighted by Gasteiger charge is 2.19. The molecule has 0 amide bonds. The van der Waals surface area contributed by atoms with Gasteiger partial charge >= 0.3 is 17.9 Å². The third-order valence-electron chi connectivity index (χ3n) is 10.9. The predicted octanol–water partition coefficient (Wildman–Crippen LogP) is 16.0. The second-order valence-corrected chi connectivity index (χ2v) is 16.7. The van der Waals surface area contributed by atoms with Crippen LogP contribution in [0.2, 0.25) is 0 Å². The highest BCUT2D eigenvalue weighted by Crippen LogP contribution is 2.15. The Labute approximate surface area is 353 Å². The zero-order valence-electron chi connectivity index (χ0n) is 38.1. The van der Waals surface area contributed by atoms with Gasteiger partial charge in [0, 0.05) is 19.3 Å². The smallest absolute Gasteiger partial charge is 0.306 e. The SMILES string of the molecule is CCCC/C=C\CCCCCCC(=O)OCC(COC(=O)CCCCCCC/C=C\CCCCCCCCC)OC(=O)CCCCCCCCCCCCCCC. The van der Waals surface area contributed by atoms with E-state index in [0.29, 0.717) is 19.3 Å². The lowest BCUT2D eigenvalue weighted by atomic mass is 10.0. The van der Waals surface area contributed by atoms with Crippen LogP contribution in [0.15, 0.2) is 24.3 Å². The molecule has 6 nitrogen and oxygen atoms in total. The summed E-state index contributed by atoms with van der Waals surface area (Å²) in [6, 6.07) is 0. The first kappa shape index (κ1) is 54.9. The summed E-state index contributed by atoms with van der Waals surface area (Å²) in [5.41, 5.74) is 0. The standard InChI is InChI=1S/C51H94O6/c1-4-7-10-13-16-19-22-24-25-26-28-29-32-35-38-41-44-50(53)56-47-48(46-55-49(52)43-40-37-34-31-21-18-15-12-9-6-3)57-51(54)45-42-39-36-33-30-27-23-20-17-14-11-8-5-2/h15,18,25-26,48H,4-14,16-17,19-24,27-47H2,1-3H3/b18-15-,26-25-. The van der Waals surface area contributed by atoms with Crippen LogP contribution in [0.25, 0.3) is 0 Å². The summed E-state index contributed by atoms with van der Waals surface area (Å²) in [6.07, 6.45) is 51.6. The number of ether oxygens (including phenoxy) is 3. The van der Waals surface area contributed by atoms with Crippen LogP contribution >= 0.6 is 0 Å². The van der Waals surface area contributed by atoms with E-state index in [1.54, 1.807) is 0 Å². The Morgan fingerprint density at radius 2 is 0.596 bits per heavy atom. The molecule has 0 aliphatic heterocycles. The molecule has 1 atom stereocenters. The molecule has 0 saturated carbocycles. The molecule has 57 heavy (non-hydrogen) atoms. The molecule has 0 aliphatic rings. The van der Waals surface area contributed by atoms with Gasteiger partial charge in [-0.3, -0.25) is 14.4 Å². The van der Waals surface area contributed by atoms with Crippen LogP contribution in [-0.2, 0) is 28.6 Å². The third-order valence-corrected chi connectivity index (χ3v) is 10.9. The van der Waals surface area contributed by atoms with Crippen molar-refractivity contribution in [3.63, 3.8) is 0 Å². The molecular formula is C51H94O6. The van der Waals surface area contributed by atoms with Crippen molar-refractivity contribution in [3.05, 3.63) is 24.3 Å². The van der Waals surface area contributed by atoms with Crippen molar-refractivity contribution in [2.45, 2.75) is 271 Å². The van der Waals surface area contributed by atoms with Crippen LogP contribution in [0, 0.1) is 0 Å². The van der Waals surface area contributed by atoms with Gasteiger partial charge in [0.15, 0.2) is 6.10 Å². The normalized spacial score (nSPS) is 12.1. The zero-order valence-corrected chi connectivity index (χ0v) is 38.1. The van der Waals surface area contributed by atoms with Gasteiger partial charge in [0.25, 0.3) is 0 Å². The maximum absolute atomic E-state index is 12.7. The quantitative estimate of drug-likeness (QED) is 0.0264. The minimum Gasteiger partial charge on any atom is -0.462 e. The second kappa shape index (κ2) is 46.6. The molecule has 0 heterocycles. The van der Waals surface area contributed by atoms with E-state index in [9.17, 15) is 14.4 Å². The fraction of sp³-hybridized carbons (Fsp3) is 0.863. The van der Waals surface area contributed by atoms with Crippen molar-refractivity contribution in [3.8, 4) is 0 Å². The van der Waals surface area contributed by atoms with Crippen molar-refractivity contribution >= 4 is 17.9 Å². The topological polar surface area (TPSA) is 78.9 Å². The Kier molecular flexibility index (Phi) is 44.9. The Morgan fingerprint density at radius 3 is 0.930 bits per heavy atom. The van der Waals surface area contributed by atoms with E-state index >= 15 is 0 Å². The molecule has 0 N–H and O–H groups in total. The number of hydrogen-bond donors (Lipinski definition) is 0. The maximum atomic E-state index is 12.7. The van der Waals surface area contributed by atoms with E-state index in [1.807, 2.05) is 0 Å². The van der Waals surface area contributed by atoms with Gasteiger partial charge in [-0.1, -0.05) is 206 Å². The lowest BCUT2D eigenvalue weighted by molar-refractivity contribution is -0.167. The van der Waals surface area contributed by atoms with Gasteiger partial charge in [-0.2, -0.15) is 0 Å². The fourth-order valence-corrected chi connectivity index (χ4v) is 7.12. The van der Waals surface area contributed by atoms with Crippen LogP contribution < -0.4 is 0 Å². The zero-order chi connectivity index (χ0) is 41.5. The Balaban J connectivity index is 4.33. The Bertz CT molecular complexity index is 927. The van der Waals surface area contributed by atoms with Crippen molar-refractivity contribution in [2.24, 2.45) is 0 Å². The highest BCUT2D eigenvalue weighted by atomic mass is 16.6. The number of allylic oxidation sites excluding steroid dienone is 4. The molecule has 1 unspecified atom stereocenters. The molecule has 6 heteroatoms. The molecule has 0 rings (SSSR count). The average molecular weight is 803 g/mol. The molecule has 0 aromatic rings. The van der Waals surface area contributed by atoms with E-state index in [-0.39, 0.29) is 31.1 Å². The number of carbonyl (C=O) groups excluding carboxylic acids is 3. The van der Waals surface area contributed by atoms with Crippen LogP contribution in [0.5, 0.6) is 0 Å². The fourth-order valence-electron chi connectivity index (χ4n) is 7.12. The third kappa shape index (κ3) is 44.8. The van der Waals surface area contributed by atoms with E-state index < -0.39 is 6.10 Å². The summed E-state index contributed by atoms with van der Waals surface area (Å²) >= 11 is 0. The Hall–Kier alpha value is -2.11. The van der Waals surface area contributed by atoms with Crippen molar-refractivity contribution < 1.29 is 28.6 Å². The van der Waals surface area contributed by atoms with Gasteiger partial charge < -0.3 is 14.2 Å². The van der Waals surface area contributed by atoms with Crippen molar-refractivity contribution in [1.29, 1.82) is 0 Å². The summed E-state index contributed by atoms with van der Waals surface area (Å²) in [5, 5.41) is 0. The van der Waals surface area contributed by atoms with E-state index in [4.69, 9.17) is 14.2 Å². The molecule has 0 aliphatic carbocycles. The van der Waals surface area contributed by atoms with E-state index in [0.717, 1.165) is 83.5 Å². The van der Waals surface area contributed by atoms with E-state index in [1.165, 1.54) is 141 Å². The van der Waals surface area contributed by atoms with Crippen LogP contribution in [0.1, 0.15) is 265 Å². The summed E-state index contributed by atoms with van der Waals surface area (Å²) in [7, 11) is 0. The summed E-state index contributed by atoms with van der Waals surface area (Å²) in [4.78, 5) is 37.8. The lowest BCUT2D eigenvalue weighted by Crippen LogP contribution is -2.30. The molecule has 334 valence electrons. The number of hydrogen-bond acceptors (Lipinski definition) is 6. The Morgan fingerprint density at radius 1 is 0.333 bits per heavy atom. The van der Waals surface area contributed by atoms with E-state index in [2.05, 4.69) is 45.1 Å². The predicted molar refractivity (Wildman–Crippen MR) is 243 cm³/mol. The van der Waals surface area contributed by atoms with Gasteiger partial charge in [0.1, 0.15) is 13.2 Å². The van der Waals surface area contributed by atoms with Gasteiger partial charge in [-0.05, 0) is 64.2 Å². The molecule has 0 aromatic carbocycles. The van der Waals surface area contributed by atoms with Crippen molar-refractivity contribution in [1.82, 2.24) is 0 Å². The van der Waals surface area contributed by atoms with Gasteiger partial charge in [-0.15, -0.1) is 0 Å². The van der Waals surface area contributed by atoms with Crippen LogP contribution in [0.4, 0.5) is 0 Å². The molecular weight excluding hydrogens is 709 g/mol. The largest absolute Gasteiger partial charge is 0.462 e. The monoisotopic (exact) mass is 803 g/mol. The van der Waals surface area contributed by atoms with Crippen molar-refractivity contribution in [2.75, 3.05) is 13.2 Å². The average Bonchev–Trinajstić information content (AvgIpc) is 3.21. The van der Waals surface area contributed by atoms with Gasteiger partial charge in [0.2, 0.25) is 0 Å². The lowest BCUT2D eigenvalue weighted by Gasteiger charge is -2.18. The number of unbranched alkanes of at least 4 members (excludes halogenated alkanes) is 30. The van der Waals surface area contributed by atoms with Gasteiger partial charge in [0.05, 0.1) is 0 Å². The molecule has 0 spiro atoms. The number of carbonyl (C=O) groups is 3. The first-order chi connectivity index (χ1) is 28.0. The number of esters is 3. The first-order valence-corrected chi connectivity index (χ1v) is 24.8. The van der Waals surface area contributed by atoms with Crippen LogP contribution in [0.3, 0.4) is 0 Å².